The summed E-state index contributed by atoms with van der Waals surface area (Å²) in [5.74, 6) is -1.00. The van der Waals surface area contributed by atoms with Crippen LogP contribution in [0.4, 0.5) is 0 Å². The lowest BCUT2D eigenvalue weighted by atomic mass is 9.94. The topological polar surface area (TPSA) is 98.7 Å². The van der Waals surface area contributed by atoms with Crippen molar-refractivity contribution in [1.29, 1.82) is 0 Å². The predicted molar refractivity (Wildman–Crippen MR) is 98.1 cm³/mol. The first-order chi connectivity index (χ1) is 12.3. The van der Waals surface area contributed by atoms with E-state index in [1.54, 1.807) is 38.4 Å². The number of hydroxylamine groups is 1. The van der Waals surface area contributed by atoms with E-state index in [0.717, 1.165) is 16.7 Å². The molecule has 26 heavy (non-hydrogen) atoms. The van der Waals surface area contributed by atoms with Crippen LogP contribution in [0.1, 0.15) is 37.9 Å². The van der Waals surface area contributed by atoms with Crippen LogP contribution in [-0.4, -0.2) is 22.1 Å². The summed E-state index contributed by atoms with van der Waals surface area (Å²) in [7, 11) is 0. The van der Waals surface area contributed by atoms with Gasteiger partial charge in [-0.25, -0.2) is 5.48 Å². The number of nitrogens with one attached hydrogen (secondary N) is 2. The summed E-state index contributed by atoms with van der Waals surface area (Å²) in [5, 5.41) is 20.8. The maximum Gasteiger partial charge on any atom is 0.270 e. The van der Waals surface area contributed by atoms with E-state index in [4.69, 9.17) is 10.3 Å². The van der Waals surface area contributed by atoms with E-state index in [1.807, 2.05) is 36.4 Å². The Balaban J connectivity index is 2.26. The molecule has 2 amide bonds. The molecule has 0 aliphatic heterocycles. The van der Waals surface area contributed by atoms with Crippen LogP contribution in [0, 0.1) is 5.41 Å². The minimum Gasteiger partial charge on any atom is -0.392 e. The third-order valence-corrected chi connectivity index (χ3v) is 4.04. The molecule has 0 aliphatic rings. The molecule has 0 aliphatic carbocycles. The maximum absolute atomic E-state index is 12.2. The molecule has 0 saturated carbocycles. The smallest absolute Gasteiger partial charge is 0.270 e. The number of carbonyl (C=O) groups excluding carboxylic acids is 2. The Hall–Kier alpha value is -2.70. The molecule has 6 heteroatoms. The van der Waals surface area contributed by atoms with Gasteiger partial charge >= 0.3 is 0 Å². The number of benzene rings is 2. The SMILES string of the molecule is CC(C)(C)C(=O)N[C@@H](C(=O)NO)c1ccc(-c2ccc(CO)cc2)cc1. The molecule has 0 spiro atoms. The quantitative estimate of drug-likeness (QED) is 0.489. The van der Waals surface area contributed by atoms with Gasteiger partial charge < -0.3 is 10.4 Å². The number of hydrogen-bond acceptors (Lipinski definition) is 4. The van der Waals surface area contributed by atoms with E-state index >= 15 is 0 Å². The molecular formula is C20H24N2O4. The van der Waals surface area contributed by atoms with Gasteiger partial charge in [-0.3, -0.25) is 14.8 Å². The summed E-state index contributed by atoms with van der Waals surface area (Å²) in [6.45, 7) is 5.23. The molecule has 6 nitrogen and oxygen atoms in total. The van der Waals surface area contributed by atoms with Gasteiger partial charge in [-0.2, -0.15) is 0 Å². The molecule has 0 fully saturated rings. The molecule has 0 aromatic heterocycles. The Labute approximate surface area is 152 Å². The zero-order valence-electron chi connectivity index (χ0n) is 15.1. The molecule has 4 N–H and O–H groups in total. The third-order valence-electron chi connectivity index (χ3n) is 4.04. The van der Waals surface area contributed by atoms with Crippen LogP contribution >= 0.6 is 0 Å². The molecule has 0 unspecified atom stereocenters. The van der Waals surface area contributed by atoms with E-state index in [1.165, 1.54) is 0 Å². The minimum absolute atomic E-state index is 0.00928. The zero-order chi connectivity index (χ0) is 19.3. The summed E-state index contributed by atoms with van der Waals surface area (Å²) >= 11 is 0. The first-order valence-electron chi connectivity index (χ1n) is 8.31. The average Bonchev–Trinajstić information content (AvgIpc) is 2.64. The number of carbonyl (C=O) groups is 2. The number of rotatable bonds is 5. The van der Waals surface area contributed by atoms with Gasteiger partial charge in [-0.05, 0) is 22.3 Å². The van der Waals surface area contributed by atoms with Gasteiger partial charge in [0.25, 0.3) is 5.91 Å². The van der Waals surface area contributed by atoms with E-state index in [0.29, 0.717) is 5.56 Å². The molecular weight excluding hydrogens is 332 g/mol. The van der Waals surface area contributed by atoms with Crippen molar-refractivity contribution in [3.8, 4) is 11.1 Å². The van der Waals surface area contributed by atoms with Crippen molar-refractivity contribution in [3.63, 3.8) is 0 Å². The summed E-state index contributed by atoms with van der Waals surface area (Å²) in [6.07, 6.45) is 0. The van der Waals surface area contributed by atoms with Crippen molar-refractivity contribution in [1.82, 2.24) is 10.8 Å². The second-order valence-electron chi connectivity index (χ2n) is 7.11. The summed E-state index contributed by atoms with van der Waals surface area (Å²) in [6, 6.07) is 13.6. The fraction of sp³-hybridized carbons (Fsp3) is 0.300. The molecule has 0 bridgehead atoms. The molecule has 0 saturated heterocycles. The van der Waals surface area contributed by atoms with Crippen molar-refractivity contribution < 1.29 is 19.9 Å². The highest BCUT2D eigenvalue weighted by Crippen LogP contribution is 2.24. The van der Waals surface area contributed by atoms with Crippen LogP contribution < -0.4 is 10.8 Å². The van der Waals surface area contributed by atoms with Crippen molar-refractivity contribution >= 4 is 11.8 Å². The largest absolute Gasteiger partial charge is 0.392 e. The van der Waals surface area contributed by atoms with Crippen LogP contribution in [0.15, 0.2) is 48.5 Å². The van der Waals surface area contributed by atoms with Crippen LogP contribution in [0.3, 0.4) is 0 Å². The van der Waals surface area contributed by atoms with E-state index in [2.05, 4.69) is 5.32 Å². The molecule has 2 aromatic rings. The lowest BCUT2D eigenvalue weighted by molar-refractivity contribution is -0.137. The Morgan fingerprint density at radius 3 is 1.88 bits per heavy atom. The monoisotopic (exact) mass is 356 g/mol. The zero-order valence-corrected chi connectivity index (χ0v) is 15.1. The number of aliphatic hydroxyl groups is 1. The van der Waals surface area contributed by atoms with E-state index < -0.39 is 17.4 Å². The second kappa shape index (κ2) is 8.12. The fourth-order valence-corrected chi connectivity index (χ4v) is 2.38. The number of amides is 2. The van der Waals surface area contributed by atoms with Gasteiger partial charge in [0.2, 0.25) is 5.91 Å². The Morgan fingerprint density at radius 1 is 0.962 bits per heavy atom. The normalized spacial score (nSPS) is 12.3. The first kappa shape index (κ1) is 19.6. The molecule has 2 rings (SSSR count). The maximum atomic E-state index is 12.2. The standard InChI is InChI=1S/C20H24N2O4/c1-20(2,3)19(25)21-17(18(24)22-26)16-10-8-15(9-11-16)14-6-4-13(12-23)5-7-14/h4-11,17,23,26H,12H2,1-3H3,(H,21,25)(H,22,24)/t17-/m1/s1. The lowest BCUT2D eigenvalue weighted by Crippen LogP contribution is -2.43. The van der Waals surface area contributed by atoms with Gasteiger partial charge in [0.15, 0.2) is 0 Å². The molecule has 1 atom stereocenters. The first-order valence-corrected chi connectivity index (χ1v) is 8.31. The summed E-state index contributed by atoms with van der Waals surface area (Å²) in [4.78, 5) is 24.2. The van der Waals surface area contributed by atoms with Gasteiger partial charge in [-0.15, -0.1) is 0 Å². The molecule has 0 radical (unpaired) electrons. The Kier molecular flexibility index (Phi) is 6.13. The lowest BCUT2D eigenvalue weighted by Gasteiger charge is -2.23. The molecule has 138 valence electrons. The number of hydrogen-bond donors (Lipinski definition) is 4. The van der Waals surface area contributed by atoms with Gasteiger partial charge in [0.1, 0.15) is 6.04 Å². The van der Waals surface area contributed by atoms with Crippen LogP contribution in [0.25, 0.3) is 11.1 Å². The Morgan fingerprint density at radius 2 is 1.46 bits per heavy atom. The molecule has 0 heterocycles. The third kappa shape index (κ3) is 4.68. The predicted octanol–water partition coefficient (Wildman–Crippen LogP) is 2.55. The fourth-order valence-electron chi connectivity index (χ4n) is 2.38. The van der Waals surface area contributed by atoms with Gasteiger partial charge in [0.05, 0.1) is 6.61 Å². The highest BCUT2D eigenvalue weighted by atomic mass is 16.5. The Bertz CT molecular complexity index is 762. The molecule has 2 aromatic carbocycles. The van der Waals surface area contributed by atoms with E-state index in [9.17, 15) is 9.59 Å². The van der Waals surface area contributed by atoms with Gasteiger partial charge in [-0.1, -0.05) is 69.3 Å². The minimum atomic E-state index is -0.988. The van der Waals surface area contributed by atoms with Crippen molar-refractivity contribution in [2.75, 3.05) is 0 Å². The van der Waals surface area contributed by atoms with Crippen LogP contribution in [-0.2, 0) is 16.2 Å². The van der Waals surface area contributed by atoms with Crippen molar-refractivity contribution in [3.05, 3.63) is 59.7 Å². The van der Waals surface area contributed by atoms with E-state index in [-0.39, 0.29) is 12.5 Å². The summed E-state index contributed by atoms with van der Waals surface area (Å²) < 4.78 is 0. The van der Waals surface area contributed by atoms with Crippen molar-refractivity contribution in [2.45, 2.75) is 33.4 Å². The number of aliphatic hydroxyl groups excluding tert-OH is 1. The van der Waals surface area contributed by atoms with Gasteiger partial charge in [0, 0.05) is 5.41 Å². The van der Waals surface area contributed by atoms with Crippen LogP contribution in [0.5, 0.6) is 0 Å². The highest BCUT2D eigenvalue weighted by Gasteiger charge is 2.28. The summed E-state index contributed by atoms with van der Waals surface area (Å²) in [5.41, 5.74) is 4.23. The van der Waals surface area contributed by atoms with Crippen molar-refractivity contribution in [2.24, 2.45) is 5.41 Å². The highest BCUT2D eigenvalue weighted by molar-refractivity contribution is 5.90. The second-order valence-corrected chi connectivity index (χ2v) is 7.11. The average molecular weight is 356 g/mol. The van der Waals surface area contributed by atoms with Crippen LogP contribution in [0.2, 0.25) is 0 Å².